The van der Waals surface area contributed by atoms with Crippen molar-refractivity contribution >= 4 is 17.6 Å². The van der Waals surface area contributed by atoms with Crippen molar-refractivity contribution < 1.29 is 27.4 Å². The zero-order valence-electron chi connectivity index (χ0n) is 13.3. The number of nitrogens with zero attached hydrogens (tertiary/aromatic N) is 1. The van der Waals surface area contributed by atoms with E-state index in [1.54, 1.807) is 0 Å². The summed E-state index contributed by atoms with van der Waals surface area (Å²) in [6.07, 6.45) is -3.83. The van der Waals surface area contributed by atoms with Gasteiger partial charge < -0.3 is 26.3 Å². The number of nitrogens with two attached hydrogens (primary N) is 2. The van der Waals surface area contributed by atoms with E-state index in [2.05, 4.69) is 15.0 Å². The van der Waals surface area contributed by atoms with Crippen LogP contribution in [-0.4, -0.2) is 38.0 Å². The van der Waals surface area contributed by atoms with Gasteiger partial charge in [0.25, 0.3) is 0 Å². The number of rotatable bonds is 5. The number of hydrogen-bond acceptors (Lipinski definition) is 4. The van der Waals surface area contributed by atoms with Gasteiger partial charge in [-0.05, 0) is 37.1 Å². The molecule has 0 atom stereocenters. The van der Waals surface area contributed by atoms with Gasteiger partial charge in [-0.2, -0.15) is 0 Å². The fraction of sp³-hybridized carbons (Fsp3) is 0.467. The van der Waals surface area contributed by atoms with Gasteiger partial charge in [-0.25, -0.2) is 0 Å². The van der Waals surface area contributed by atoms with Crippen LogP contribution in [0.25, 0.3) is 0 Å². The van der Waals surface area contributed by atoms with Crippen LogP contribution < -0.4 is 21.5 Å². The maximum absolute atomic E-state index is 12.1. The molecule has 1 saturated heterocycles. The monoisotopic (exact) mass is 360 g/mol. The van der Waals surface area contributed by atoms with Crippen LogP contribution in [0.3, 0.4) is 0 Å². The quantitative estimate of drug-likeness (QED) is 0.545. The van der Waals surface area contributed by atoms with Gasteiger partial charge in [0.2, 0.25) is 5.91 Å². The predicted molar refractivity (Wildman–Crippen MR) is 84.9 cm³/mol. The second kappa shape index (κ2) is 7.60. The molecule has 7 nitrogen and oxygen atoms in total. The van der Waals surface area contributed by atoms with Crippen LogP contribution in [-0.2, 0) is 9.53 Å². The zero-order chi connectivity index (χ0) is 18.5. The number of carbonyl (C=O) groups excluding carboxylic acids is 1. The van der Waals surface area contributed by atoms with Crippen LogP contribution in [0.15, 0.2) is 29.3 Å². The van der Waals surface area contributed by atoms with E-state index < -0.39 is 17.7 Å². The lowest BCUT2D eigenvalue weighted by atomic mass is 9.79. The number of primary amides is 1. The molecule has 0 bridgehead atoms. The molecule has 1 aliphatic rings. The molecule has 5 N–H and O–H groups in total. The maximum atomic E-state index is 12.1. The third kappa shape index (κ3) is 5.52. The number of ether oxygens (including phenoxy) is 2. The molecule has 1 aliphatic heterocycles. The number of aliphatic imine (C=N–C) groups is 1. The molecule has 0 radical (unpaired) electrons. The van der Waals surface area contributed by atoms with E-state index in [0.717, 1.165) is 12.1 Å². The smallest absolute Gasteiger partial charge is 0.406 e. The molecular formula is C15H19F3N4O3. The van der Waals surface area contributed by atoms with E-state index in [1.807, 2.05) is 0 Å². The largest absolute Gasteiger partial charge is 0.573 e. The van der Waals surface area contributed by atoms with Gasteiger partial charge in [0, 0.05) is 18.9 Å². The lowest BCUT2D eigenvalue weighted by molar-refractivity contribution is -0.274. The Balaban J connectivity index is 1.97. The molecule has 1 aromatic carbocycles. The molecule has 0 saturated carbocycles. The average Bonchev–Trinajstić information content (AvgIpc) is 2.54. The first-order chi connectivity index (χ1) is 11.7. The summed E-state index contributed by atoms with van der Waals surface area (Å²) in [5.41, 5.74) is 10.9. The first-order valence-electron chi connectivity index (χ1n) is 7.51. The summed E-state index contributed by atoms with van der Waals surface area (Å²) >= 11 is 0. The Morgan fingerprint density at radius 1 is 1.24 bits per heavy atom. The van der Waals surface area contributed by atoms with Crippen molar-refractivity contribution in [2.75, 3.05) is 25.1 Å². The molecule has 0 unspecified atom stereocenters. The summed E-state index contributed by atoms with van der Waals surface area (Å²) in [6.45, 7) is 0.957. The topological polar surface area (TPSA) is 112 Å². The van der Waals surface area contributed by atoms with Crippen LogP contribution in [0, 0.1) is 5.41 Å². The third-order valence-electron chi connectivity index (χ3n) is 3.88. The lowest BCUT2D eigenvalue weighted by Crippen LogP contribution is -2.44. The predicted octanol–water partition coefficient (Wildman–Crippen LogP) is 1.59. The third-order valence-corrected chi connectivity index (χ3v) is 3.88. The maximum Gasteiger partial charge on any atom is 0.573 e. The number of halogens is 3. The Morgan fingerprint density at radius 2 is 1.84 bits per heavy atom. The summed E-state index contributed by atoms with van der Waals surface area (Å²) in [6, 6.07) is 5.02. The highest BCUT2D eigenvalue weighted by Crippen LogP contribution is 2.30. The molecule has 1 heterocycles. The summed E-state index contributed by atoms with van der Waals surface area (Å²) in [7, 11) is 0. The standard InChI is InChI=1S/C15H19F3N4O3/c16-15(17,18)25-11-3-1-10(2-4-11)22-13(20)21-9-14(12(19)23)5-7-24-8-6-14/h1-4H,5-9H2,(H2,19,23)(H3,20,21,22). The first kappa shape index (κ1) is 18.8. The minimum absolute atomic E-state index is 0.0246. The van der Waals surface area contributed by atoms with Crippen LogP contribution in [0.2, 0.25) is 0 Å². The van der Waals surface area contributed by atoms with Crippen LogP contribution in [0.4, 0.5) is 18.9 Å². The summed E-state index contributed by atoms with van der Waals surface area (Å²) in [5.74, 6) is -0.777. The van der Waals surface area contributed by atoms with E-state index in [4.69, 9.17) is 16.2 Å². The zero-order valence-corrected chi connectivity index (χ0v) is 13.3. The Labute approximate surface area is 142 Å². The molecule has 0 spiro atoms. The van der Waals surface area contributed by atoms with Crippen molar-refractivity contribution in [3.63, 3.8) is 0 Å². The fourth-order valence-corrected chi connectivity index (χ4v) is 2.41. The minimum atomic E-state index is -4.75. The van der Waals surface area contributed by atoms with E-state index in [-0.39, 0.29) is 18.3 Å². The van der Waals surface area contributed by atoms with E-state index in [1.165, 1.54) is 12.1 Å². The normalized spacial score (nSPS) is 17.8. The van der Waals surface area contributed by atoms with Crippen LogP contribution in [0.1, 0.15) is 12.8 Å². The van der Waals surface area contributed by atoms with Crippen LogP contribution >= 0.6 is 0 Å². The molecule has 25 heavy (non-hydrogen) atoms. The Morgan fingerprint density at radius 3 is 2.36 bits per heavy atom. The molecule has 138 valence electrons. The van der Waals surface area contributed by atoms with Gasteiger partial charge in [-0.15, -0.1) is 13.2 Å². The van der Waals surface area contributed by atoms with Crippen molar-refractivity contribution in [2.24, 2.45) is 21.9 Å². The minimum Gasteiger partial charge on any atom is -0.406 e. The number of anilines is 1. The van der Waals surface area contributed by atoms with E-state index in [9.17, 15) is 18.0 Å². The number of carbonyl (C=O) groups is 1. The number of guanidine groups is 1. The van der Waals surface area contributed by atoms with Crippen LogP contribution in [0.5, 0.6) is 5.75 Å². The van der Waals surface area contributed by atoms with Gasteiger partial charge in [-0.1, -0.05) is 0 Å². The van der Waals surface area contributed by atoms with Gasteiger partial charge in [0.15, 0.2) is 5.96 Å². The van der Waals surface area contributed by atoms with Crippen molar-refractivity contribution in [3.05, 3.63) is 24.3 Å². The van der Waals surface area contributed by atoms with Crippen molar-refractivity contribution in [1.82, 2.24) is 0 Å². The average molecular weight is 360 g/mol. The molecule has 2 rings (SSSR count). The molecule has 10 heteroatoms. The Hall–Kier alpha value is -2.49. The first-order valence-corrected chi connectivity index (χ1v) is 7.51. The van der Waals surface area contributed by atoms with E-state index >= 15 is 0 Å². The summed E-state index contributed by atoms with van der Waals surface area (Å²) in [4.78, 5) is 15.9. The number of hydrogen-bond donors (Lipinski definition) is 3. The molecule has 0 aromatic heterocycles. The Kier molecular flexibility index (Phi) is 5.73. The van der Waals surface area contributed by atoms with Crippen molar-refractivity contribution in [1.29, 1.82) is 0 Å². The number of alkyl halides is 3. The molecule has 0 aliphatic carbocycles. The van der Waals surface area contributed by atoms with Gasteiger partial charge in [0.05, 0.1) is 12.0 Å². The number of nitrogens with one attached hydrogen (secondary N) is 1. The summed E-state index contributed by atoms with van der Waals surface area (Å²) in [5, 5.41) is 2.74. The van der Waals surface area contributed by atoms with Crippen molar-refractivity contribution in [2.45, 2.75) is 19.2 Å². The SMILES string of the molecule is NC(=O)C1(CN=C(N)Nc2ccc(OC(F)(F)F)cc2)CCOCC1. The second-order valence-electron chi connectivity index (χ2n) is 5.66. The number of amides is 1. The molecular weight excluding hydrogens is 341 g/mol. The molecule has 1 amide bonds. The molecule has 1 fully saturated rings. The highest BCUT2D eigenvalue weighted by molar-refractivity contribution is 5.92. The number of benzene rings is 1. The van der Waals surface area contributed by atoms with Crippen molar-refractivity contribution in [3.8, 4) is 5.75 Å². The summed E-state index contributed by atoms with van der Waals surface area (Å²) < 4.78 is 45.3. The highest BCUT2D eigenvalue weighted by atomic mass is 19.4. The van der Waals surface area contributed by atoms with E-state index in [0.29, 0.717) is 31.7 Å². The molecule has 1 aromatic rings. The second-order valence-corrected chi connectivity index (χ2v) is 5.66. The Bertz CT molecular complexity index is 626. The van der Waals surface area contributed by atoms with Gasteiger partial charge in [0.1, 0.15) is 5.75 Å². The fourth-order valence-electron chi connectivity index (χ4n) is 2.41. The van der Waals surface area contributed by atoms with Gasteiger partial charge in [-0.3, -0.25) is 9.79 Å². The highest BCUT2D eigenvalue weighted by Gasteiger charge is 2.38. The lowest BCUT2D eigenvalue weighted by Gasteiger charge is -2.32. The van der Waals surface area contributed by atoms with Gasteiger partial charge >= 0.3 is 6.36 Å².